The van der Waals surface area contributed by atoms with Crippen LogP contribution in [-0.4, -0.2) is 67.6 Å². The first-order valence-electron chi connectivity index (χ1n) is 8.08. The summed E-state index contributed by atoms with van der Waals surface area (Å²) in [5.41, 5.74) is 5.82. The Kier molecular flexibility index (Phi) is 6.63. The van der Waals surface area contributed by atoms with E-state index in [-0.39, 0.29) is 11.3 Å². The fourth-order valence-corrected chi connectivity index (χ4v) is 2.65. The van der Waals surface area contributed by atoms with E-state index in [1.54, 1.807) is 0 Å². The monoisotopic (exact) mass is 298 g/mol. The highest BCUT2D eigenvalue weighted by molar-refractivity contribution is 5.82. The molecule has 1 unspecified atom stereocenters. The summed E-state index contributed by atoms with van der Waals surface area (Å²) in [6.07, 6.45) is 0. The molecule has 3 N–H and O–H groups in total. The minimum Gasteiger partial charge on any atom is -0.353 e. The summed E-state index contributed by atoms with van der Waals surface area (Å²) >= 11 is 0. The number of amides is 1. The molecular formula is C16H34N4O. The number of likely N-dealkylation sites (N-methyl/N-ethyl adjacent to an activating group) is 1. The van der Waals surface area contributed by atoms with Crippen LogP contribution < -0.4 is 11.1 Å². The molecule has 0 aromatic rings. The van der Waals surface area contributed by atoms with Gasteiger partial charge in [0.25, 0.3) is 0 Å². The van der Waals surface area contributed by atoms with Gasteiger partial charge in [0.05, 0.1) is 6.04 Å². The number of carbonyl (C=O) groups excluding carboxylic acids is 1. The van der Waals surface area contributed by atoms with E-state index < -0.39 is 6.04 Å². The molecular weight excluding hydrogens is 264 g/mol. The second-order valence-electron chi connectivity index (χ2n) is 7.74. The maximum Gasteiger partial charge on any atom is 0.237 e. The Bertz CT molecular complexity index is 330. The molecule has 0 aromatic heterocycles. The van der Waals surface area contributed by atoms with E-state index in [0.29, 0.717) is 18.5 Å². The van der Waals surface area contributed by atoms with E-state index in [4.69, 9.17) is 5.73 Å². The zero-order valence-corrected chi connectivity index (χ0v) is 14.6. The third kappa shape index (κ3) is 5.57. The van der Waals surface area contributed by atoms with Crippen LogP contribution in [0.1, 0.15) is 34.6 Å². The van der Waals surface area contributed by atoms with Gasteiger partial charge in [0, 0.05) is 38.8 Å². The Morgan fingerprint density at radius 3 is 2.14 bits per heavy atom. The first kappa shape index (κ1) is 18.4. The summed E-state index contributed by atoms with van der Waals surface area (Å²) in [6.45, 7) is 15.5. The number of hydrogen-bond acceptors (Lipinski definition) is 4. The van der Waals surface area contributed by atoms with Crippen LogP contribution in [0.4, 0.5) is 0 Å². The summed E-state index contributed by atoms with van der Waals surface area (Å²) in [7, 11) is 2.16. The van der Waals surface area contributed by atoms with Gasteiger partial charge in [-0.25, -0.2) is 0 Å². The Morgan fingerprint density at radius 1 is 1.19 bits per heavy atom. The highest BCUT2D eigenvalue weighted by Gasteiger charge is 2.29. The third-order valence-electron chi connectivity index (χ3n) is 4.48. The fraction of sp³-hybridized carbons (Fsp3) is 0.938. The number of nitrogens with zero attached hydrogens (tertiary/aromatic N) is 2. The largest absolute Gasteiger partial charge is 0.353 e. The van der Waals surface area contributed by atoms with Gasteiger partial charge in [-0.3, -0.25) is 9.69 Å². The molecule has 1 heterocycles. The zero-order chi connectivity index (χ0) is 16.2. The maximum absolute atomic E-state index is 12.2. The molecule has 0 saturated carbocycles. The highest BCUT2D eigenvalue weighted by Crippen LogP contribution is 2.18. The number of carbonyl (C=O) groups is 1. The van der Waals surface area contributed by atoms with Crippen molar-refractivity contribution in [2.45, 2.75) is 46.7 Å². The van der Waals surface area contributed by atoms with Gasteiger partial charge in [-0.1, -0.05) is 34.6 Å². The molecule has 0 spiro atoms. The van der Waals surface area contributed by atoms with Crippen LogP contribution in [0.2, 0.25) is 0 Å². The lowest BCUT2D eigenvalue weighted by Crippen LogP contribution is -2.56. The molecule has 1 aliphatic heterocycles. The average molecular weight is 298 g/mol. The summed E-state index contributed by atoms with van der Waals surface area (Å²) in [5.74, 6) is 0.474. The molecule has 0 aromatic carbocycles. The van der Waals surface area contributed by atoms with Gasteiger partial charge >= 0.3 is 0 Å². The van der Waals surface area contributed by atoms with E-state index in [0.717, 1.165) is 26.2 Å². The highest BCUT2D eigenvalue weighted by atomic mass is 16.2. The molecule has 0 bridgehead atoms. The zero-order valence-electron chi connectivity index (χ0n) is 14.6. The Balaban J connectivity index is 2.54. The number of rotatable bonds is 5. The van der Waals surface area contributed by atoms with Crippen molar-refractivity contribution in [3.8, 4) is 0 Å². The van der Waals surface area contributed by atoms with E-state index in [1.165, 1.54) is 0 Å². The Morgan fingerprint density at radius 2 is 1.71 bits per heavy atom. The van der Waals surface area contributed by atoms with Crippen LogP contribution >= 0.6 is 0 Å². The number of piperazine rings is 1. The fourth-order valence-electron chi connectivity index (χ4n) is 2.65. The number of nitrogens with one attached hydrogen (secondary N) is 1. The molecule has 0 aliphatic carbocycles. The lowest BCUT2D eigenvalue weighted by molar-refractivity contribution is -0.124. The van der Waals surface area contributed by atoms with Crippen molar-refractivity contribution < 1.29 is 4.79 Å². The standard InChI is InChI=1S/C16H34N4O/c1-12(2)13(20-9-7-19(6)8-10-20)11-18-15(21)14(17)16(3,4)5/h12-14H,7-11,17H2,1-6H3,(H,18,21)/t13?,14-/m0/s1. The molecule has 1 saturated heterocycles. The molecule has 0 radical (unpaired) electrons. The molecule has 5 heteroatoms. The van der Waals surface area contributed by atoms with Crippen molar-refractivity contribution in [1.29, 1.82) is 0 Å². The number of nitrogens with two attached hydrogens (primary N) is 1. The number of hydrogen-bond donors (Lipinski definition) is 2. The Labute approximate surface area is 130 Å². The van der Waals surface area contributed by atoms with Crippen molar-refractivity contribution in [1.82, 2.24) is 15.1 Å². The van der Waals surface area contributed by atoms with Crippen LogP contribution in [0.15, 0.2) is 0 Å². The van der Waals surface area contributed by atoms with E-state index in [1.807, 2.05) is 20.8 Å². The van der Waals surface area contributed by atoms with Crippen LogP contribution in [0, 0.1) is 11.3 Å². The first-order valence-corrected chi connectivity index (χ1v) is 8.08. The lowest BCUT2D eigenvalue weighted by Gasteiger charge is -2.40. The van der Waals surface area contributed by atoms with Gasteiger partial charge in [-0.05, 0) is 18.4 Å². The second-order valence-corrected chi connectivity index (χ2v) is 7.74. The van der Waals surface area contributed by atoms with E-state index in [9.17, 15) is 4.79 Å². The van der Waals surface area contributed by atoms with Crippen LogP contribution in [-0.2, 0) is 4.79 Å². The van der Waals surface area contributed by atoms with Gasteiger partial charge in [0.15, 0.2) is 0 Å². The van der Waals surface area contributed by atoms with Crippen LogP contribution in [0.5, 0.6) is 0 Å². The quantitative estimate of drug-likeness (QED) is 0.786. The maximum atomic E-state index is 12.2. The molecule has 5 nitrogen and oxygen atoms in total. The van der Waals surface area contributed by atoms with Crippen molar-refractivity contribution in [2.24, 2.45) is 17.1 Å². The minimum absolute atomic E-state index is 0.0396. The Hall–Kier alpha value is -0.650. The topological polar surface area (TPSA) is 61.6 Å². The normalized spacial score (nSPS) is 21.3. The van der Waals surface area contributed by atoms with Gasteiger partial charge < -0.3 is 16.0 Å². The van der Waals surface area contributed by atoms with Crippen molar-refractivity contribution in [3.05, 3.63) is 0 Å². The van der Waals surface area contributed by atoms with E-state index >= 15 is 0 Å². The van der Waals surface area contributed by atoms with Gasteiger partial charge in [0.1, 0.15) is 0 Å². The predicted octanol–water partition coefficient (Wildman–Crippen LogP) is 0.748. The smallest absolute Gasteiger partial charge is 0.237 e. The second kappa shape index (κ2) is 7.56. The van der Waals surface area contributed by atoms with Crippen molar-refractivity contribution in [3.63, 3.8) is 0 Å². The minimum atomic E-state index is -0.460. The van der Waals surface area contributed by atoms with Gasteiger partial charge in [-0.15, -0.1) is 0 Å². The predicted molar refractivity (Wildman–Crippen MR) is 88.1 cm³/mol. The third-order valence-corrected chi connectivity index (χ3v) is 4.48. The van der Waals surface area contributed by atoms with Crippen LogP contribution in [0.25, 0.3) is 0 Å². The van der Waals surface area contributed by atoms with Crippen molar-refractivity contribution >= 4 is 5.91 Å². The van der Waals surface area contributed by atoms with Gasteiger partial charge in [-0.2, -0.15) is 0 Å². The molecule has 1 aliphatic rings. The molecule has 1 rings (SSSR count). The summed E-state index contributed by atoms with van der Waals surface area (Å²) in [6, 6.07) is -0.0763. The molecule has 1 fully saturated rings. The summed E-state index contributed by atoms with van der Waals surface area (Å²) in [5, 5.41) is 3.06. The molecule has 1 amide bonds. The van der Waals surface area contributed by atoms with Crippen LogP contribution in [0.3, 0.4) is 0 Å². The SMILES string of the molecule is CC(C)C(CNC(=O)[C@H](N)C(C)(C)C)N1CCN(C)CC1. The summed E-state index contributed by atoms with van der Waals surface area (Å²) < 4.78 is 0. The lowest BCUT2D eigenvalue weighted by atomic mass is 9.87. The molecule has 2 atom stereocenters. The molecule has 124 valence electrons. The average Bonchev–Trinajstić information content (AvgIpc) is 2.38. The summed E-state index contributed by atoms with van der Waals surface area (Å²) in [4.78, 5) is 17.0. The first-order chi connectivity index (χ1) is 9.62. The molecule has 21 heavy (non-hydrogen) atoms. The van der Waals surface area contributed by atoms with E-state index in [2.05, 4.69) is 36.0 Å². The van der Waals surface area contributed by atoms with Gasteiger partial charge in [0.2, 0.25) is 5.91 Å². The van der Waals surface area contributed by atoms with Crippen molar-refractivity contribution in [2.75, 3.05) is 39.8 Å².